The van der Waals surface area contributed by atoms with Gasteiger partial charge in [-0.05, 0) is 31.0 Å². The molecule has 90 valence electrons. The van der Waals surface area contributed by atoms with Crippen molar-refractivity contribution in [2.24, 2.45) is 0 Å². The Morgan fingerprint density at radius 2 is 1.88 bits per heavy atom. The third-order valence-corrected chi connectivity index (χ3v) is 3.63. The monoisotopic (exact) mass is 284 g/mol. The lowest BCUT2D eigenvalue weighted by Gasteiger charge is -2.09. The second-order valence-electron chi connectivity index (χ2n) is 3.97. The predicted molar refractivity (Wildman–Crippen MR) is 73.7 cm³/mol. The molecule has 0 spiro atoms. The lowest BCUT2D eigenvalue weighted by atomic mass is 10.1. The molecule has 1 aromatic rings. The molecule has 0 bridgehead atoms. The van der Waals surface area contributed by atoms with Crippen LogP contribution in [0, 0.1) is 6.92 Å². The predicted octanol–water partition coefficient (Wildman–Crippen LogP) is 2.85. The van der Waals surface area contributed by atoms with Crippen molar-refractivity contribution in [1.82, 2.24) is 10.6 Å². The summed E-state index contributed by atoms with van der Waals surface area (Å²) in [7, 11) is 0. The molecular formula is C13H21BrN2. The second-order valence-corrected chi connectivity index (χ2v) is 4.77. The number of hydrogen-bond donors (Lipinski definition) is 2. The topological polar surface area (TPSA) is 24.1 Å². The van der Waals surface area contributed by atoms with E-state index < -0.39 is 0 Å². The van der Waals surface area contributed by atoms with Crippen LogP contribution in [-0.4, -0.2) is 19.6 Å². The molecule has 0 aliphatic carbocycles. The first kappa shape index (κ1) is 13.7. The Morgan fingerprint density at radius 3 is 2.62 bits per heavy atom. The van der Waals surface area contributed by atoms with Gasteiger partial charge in [0, 0.05) is 24.1 Å². The lowest BCUT2D eigenvalue weighted by molar-refractivity contribution is 0.606. The van der Waals surface area contributed by atoms with Gasteiger partial charge in [-0.3, -0.25) is 0 Å². The molecule has 3 heteroatoms. The largest absolute Gasteiger partial charge is 0.315 e. The molecule has 0 heterocycles. The van der Waals surface area contributed by atoms with Crippen molar-refractivity contribution < 1.29 is 0 Å². The third kappa shape index (κ3) is 4.64. The van der Waals surface area contributed by atoms with Crippen LogP contribution < -0.4 is 10.6 Å². The Morgan fingerprint density at radius 1 is 1.12 bits per heavy atom. The van der Waals surface area contributed by atoms with Crippen LogP contribution in [0.2, 0.25) is 0 Å². The Bertz CT molecular complexity index is 313. The van der Waals surface area contributed by atoms with Crippen LogP contribution in [0.15, 0.2) is 22.7 Å². The number of benzene rings is 1. The molecule has 0 aromatic heterocycles. The minimum atomic E-state index is 0.927. The highest BCUT2D eigenvalue weighted by Gasteiger charge is 2.00. The first-order valence-corrected chi connectivity index (χ1v) is 6.70. The van der Waals surface area contributed by atoms with Crippen LogP contribution in [0.25, 0.3) is 0 Å². The van der Waals surface area contributed by atoms with Gasteiger partial charge in [0.1, 0.15) is 0 Å². The number of hydrogen-bond acceptors (Lipinski definition) is 2. The summed E-state index contributed by atoms with van der Waals surface area (Å²) in [5, 5.41) is 6.81. The fourth-order valence-electron chi connectivity index (χ4n) is 1.55. The van der Waals surface area contributed by atoms with Crippen LogP contribution in [-0.2, 0) is 6.54 Å². The van der Waals surface area contributed by atoms with Gasteiger partial charge in [0.05, 0.1) is 0 Å². The molecule has 0 fully saturated rings. The average Bonchev–Trinajstić information content (AvgIpc) is 2.29. The van der Waals surface area contributed by atoms with Crippen molar-refractivity contribution in [3.8, 4) is 0 Å². The normalized spacial score (nSPS) is 10.7. The minimum Gasteiger partial charge on any atom is -0.315 e. The molecule has 2 N–H and O–H groups in total. The molecular weight excluding hydrogens is 264 g/mol. The van der Waals surface area contributed by atoms with E-state index in [1.165, 1.54) is 22.0 Å². The summed E-state index contributed by atoms with van der Waals surface area (Å²) in [5.74, 6) is 0. The molecule has 0 amide bonds. The number of halogens is 1. The summed E-state index contributed by atoms with van der Waals surface area (Å²) in [6.07, 6.45) is 1.20. The summed E-state index contributed by atoms with van der Waals surface area (Å²) < 4.78 is 1.23. The Hall–Kier alpha value is -0.380. The maximum Gasteiger partial charge on any atom is 0.0249 e. The molecule has 2 nitrogen and oxygen atoms in total. The Labute approximate surface area is 107 Å². The fraction of sp³-hybridized carbons (Fsp3) is 0.538. The van der Waals surface area contributed by atoms with E-state index in [1.54, 1.807) is 0 Å². The van der Waals surface area contributed by atoms with Crippen LogP contribution >= 0.6 is 15.9 Å². The highest BCUT2D eigenvalue weighted by atomic mass is 79.9. The number of rotatable bonds is 7. The van der Waals surface area contributed by atoms with Crippen LogP contribution in [0.3, 0.4) is 0 Å². The SMILES string of the molecule is CCCNCCNCc1cccc(C)c1Br. The van der Waals surface area contributed by atoms with Crippen molar-refractivity contribution in [2.75, 3.05) is 19.6 Å². The van der Waals surface area contributed by atoms with Gasteiger partial charge in [0.2, 0.25) is 0 Å². The van der Waals surface area contributed by atoms with Crippen molar-refractivity contribution in [3.63, 3.8) is 0 Å². The molecule has 0 radical (unpaired) electrons. The van der Waals surface area contributed by atoms with Crippen LogP contribution in [0.1, 0.15) is 24.5 Å². The number of aryl methyl sites for hydroxylation is 1. The molecule has 16 heavy (non-hydrogen) atoms. The third-order valence-electron chi connectivity index (χ3n) is 2.49. The molecule has 0 aliphatic heterocycles. The van der Waals surface area contributed by atoms with Crippen molar-refractivity contribution in [2.45, 2.75) is 26.8 Å². The summed E-state index contributed by atoms with van der Waals surface area (Å²) >= 11 is 3.62. The highest BCUT2D eigenvalue weighted by Crippen LogP contribution is 2.20. The zero-order valence-electron chi connectivity index (χ0n) is 10.1. The van der Waals surface area contributed by atoms with Gasteiger partial charge in [0.25, 0.3) is 0 Å². The molecule has 0 unspecified atom stereocenters. The number of nitrogens with one attached hydrogen (secondary N) is 2. The quantitative estimate of drug-likeness (QED) is 0.753. The summed E-state index contributed by atoms with van der Waals surface area (Å²) in [4.78, 5) is 0. The molecule has 0 saturated heterocycles. The van der Waals surface area contributed by atoms with E-state index in [1.807, 2.05) is 0 Å². The summed E-state index contributed by atoms with van der Waals surface area (Å²) in [6.45, 7) is 8.39. The lowest BCUT2D eigenvalue weighted by Crippen LogP contribution is -2.27. The smallest absolute Gasteiger partial charge is 0.0249 e. The van der Waals surface area contributed by atoms with Crippen molar-refractivity contribution in [3.05, 3.63) is 33.8 Å². The molecule has 0 saturated carbocycles. The molecule has 1 rings (SSSR count). The van der Waals surface area contributed by atoms with Gasteiger partial charge in [0.15, 0.2) is 0 Å². The Kier molecular flexibility index (Phi) is 6.69. The van der Waals surface area contributed by atoms with Crippen LogP contribution in [0.5, 0.6) is 0 Å². The summed E-state index contributed by atoms with van der Waals surface area (Å²) in [5.41, 5.74) is 2.62. The van der Waals surface area contributed by atoms with E-state index >= 15 is 0 Å². The molecule has 1 aromatic carbocycles. The molecule has 0 aliphatic rings. The van der Waals surface area contributed by atoms with Gasteiger partial charge in [-0.15, -0.1) is 0 Å². The van der Waals surface area contributed by atoms with E-state index in [9.17, 15) is 0 Å². The zero-order chi connectivity index (χ0) is 11.8. The average molecular weight is 285 g/mol. The van der Waals surface area contributed by atoms with Gasteiger partial charge < -0.3 is 10.6 Å². The van der Waals surface area contributed by atoms with Crippen LogP contribution in [0.4, 0.5) is 0 Å². The molecule has 0 atom stereocenters. The van der Waals surface area contributed by atoms with Gasteiger partial charge in [-0.2, -0.15) is 0 Å². The van der Waals surface area contributed by atoms with Crippen molar-refractivity contribution in [1.29, 1.82) is 0 Å². The fourth-order valence-corrected chi connectivity index (χ4v) is 1.95. The first-order valence-electron chi connectivity index (χ1n) is 5.91. The second kappa shape index (κ2) is 7.82. The maximum atomic E-state index is 3.62. The van der Waals surface area contributed by atoms with E-state index in [0.717, 1.165) is 26.2 Å². The van der Waals surface area contributed by atoms with Crippen molar-refractivity contribution >= 4 is 15.9 Å². The summed E-state index contributed by atoms with van der Waals surface area (Å²) in [6, 6.07) is 6.38. The van der Waals surface area contributed by atoms with E-state index in [-0.39, 0.29) is 0 Å². The van der Waals surface area contributed by atoms with E-state index in [4.69, 9.17) is 0 Å². The van der Waals surface area contributed by atoms with E-state index in [2.05, 4.69) is 58.6 Å². The van der Waals surface area contributed by atoms with Gasteiger partial charge in [-0.25, -0.2) is 0 Å². The zero-order valence-corrected chi connectivity index (χ0v) is 11.7. The highest BCUT2D eigenvalue weighted by molar-refractivity contribution is 9.10. The maximum absolute atomic E-state index is 3.62. The standard InChI is InChI=1S/C13H21BrN2/c1-3-7-15-8-9-16-10-12-6-4-5-11(2)13(12)14/h4-6,15-16H,3,7-10H2,1-2H3. The Balaban J connectivity index is 2.24. The minimum absolute atomic E-state index is 0.927. The first-order chi connectivity index (χ1) is 7.75. The van der Waals surface area contributed by atoms with E-state index in [0.29, 0.717) is 0 Å². The van der Waals surface area contributed by atoms with Gasteiger partial charge in [-0.1, -0.05) is 41.1 Å². The van der Waals surface area contributed by atoms with Gasteiger partial charge >= 0.3 is 0 Å².